The van der Waals surface area contributed by atoms with Gasteiger partial charge in [0.25, 0.3) is 5.69 Å². The molecule has 0 aliphatic rings. The van der Waals surface area contributed by atoms with Gasteiger partial charge in [0.05, 0.1) is 38.9 Å². The zero-order valence-corrected chi connectivity index (χ0v) is 9.54. The van der Waals surface area contributed by atoms with Crippen molar-refractivity contribution in [3.63, 3.8) is 0 Å². The number of fused-ring (bicyclic) bond motifs is 1. The average Bonchev–Trinajstić information content (AvgIpc) is 2.55. The number of nitro groups is 1. The summed E-state index contributed by atoms with van der Waals surface area (Å²) in [5, 5.41) is 11.3. The van der Waals surface area contributed by atoms with Crippen LogP contribution in [0.3, 0.4) is 0 Å². The summed E-state index contributed by atoms with van der Waals surface area (Å²) in [5.74, 6) is 0. The summed E-state index contributed by atoms with van der Waals surface area (Å²) in [7, 11) is 0. The third-order valence-electron chi connectivity index (χ3n) is 2.55. The summed E-state index contributed by atoms with van der Waals surface area (Å²) in [6.45, 7) is 0. The van der Waals surface area contributed by atoms with Gasteiger partial charge < -0.3 is 0 Å². The summed E-state index contributed by atoms with van der Waals surface area (Å²) in [5.41, 5.74) is 0.119. The fourth-order valence-corrected chi connectivity index (χ4v) is 1.71. The molecule has 0 spiro atoms. The van der Waals surface area contributed by atoms with Crippen molar-refractivity contribution in [2.24, 2.45) is 0 Å². The van der Waals surface area contributed by atoms with Crippen LogP contribution >= 0.6 is 0 Å². The molecular weight excluding hydrogens is 242 g/mol. The van der Waals surface area contributed by atoms with Crippen LogP contribution in [0.4, 0.5) is 5.69 Å². The molecule has 0 N–H and O–H groups in total. The number of nitro benzene ring substituents is 1. The third-order valence-corrected chi connectivity index (χ3v) is 2.55. The first-order valence-electron chi connectivity index (χ1n) is 7.38. The molecule has 3 aromatic rings. The van der Waals surface area contributed by atoms with Crippen molar-refractivity contribution >= 4 is 16.7 Å². The number of benzene rings is 2. The van der Waals surface area contributed by atoms with Crippen LogP contribution in [-0.4, -0.2) is 14.9 Å². The van der Waals surface area contributed by atoms with Crippen LogP contribution in [0.5, 0.6) is 0 Å². The van der Waals surface area contributed by atoms with Gasteiger partial charge in [0.2, 0.25) is 0 Å². The molecule has 92 valence electrons. The highest BCUT2D eigenvalue weighted by molar-refractivity contribution is 5.79. The standard InChI is InChI=1S/C14H9N3O2/c18-17(19)14-8-4-1-5-10(14)13-9-15-11-6-2-3-7-12(11)16-13/h1-9H/i1D,4D,5D,8D. The minimum atomic E-state index is -0.829. The molecule has 0 unspecified atom stereocenters. The molecule has 0 fully saturated rings. The van der Waals surface area contributed by atoms with Crippen LogP contribution in [0.1, 0.15) is 5.48 Å². The van der Waals surface area contributed by atoms with Crippen molar-refractivity contribution in [1.29, 1.82) is 0 Å². The Hall–Kier alpha value is -2.82. The van der Waals surface area contributed by atoms with Crippen molar-refractivity contribution in [3.05, 3.63) is 64.7 Å². The second kappa shape index (κ2) is 4.45. The van der Waals surface area contributed by atoms with Crippen LogP contribution < -0.4 is 0 Å². The van der Waals surface area contributed by atoms with Gasteiger partial charge in [-0.15, -0.1) is 0 Å². The highest BCUT2D eigenvalue weighted by atomic mass is 16.6. The quantitative estimate of drug-likeness (QED) is 0.521. The van der Waals surface area contributed by atoms with Gasteiger partial charge in [0, 0.05) is 6.04 Å². The van der Waals surface area contributed by atoms with Crippen LogP contribution in [0.2, 0.25) is 0 Å². The average molecular weight is 255 g/mol. The lowest BCUT2D eigenvalue weighted by Crippen LogP contribution is -1.94. The van der Waals surface area contributed by atoms with E-state index in [1.807, 2.05) is 0 Å². The van der Waals surface area contributed by atoms with Gasteiger partial charge in [0.15, 0.2) is 0 Å². The predicted octanol–water partition coefficient (Wildman–Crippen LogP) is 3.21. The van der Waals surface area contributed by atoms with E-state index in [0.29, 0.717) is 11.0 Å². The lowest BCUT2D eigenvalue weighted by atomic mass is 10.1. The molecule has 0 radical (unpaired) electrons. The van der Waals surface area contributed by atoms with Gasteiger partial charge in [-0.2, -0.15) is 0 Å². The molecule has 5 heteroatoms. The molecule has 1 aromatic heterocycles. The first-order valence-corrected chi connectivity index (χ1v) is 5.38. The maximum atomic E-state index is 11.3. The first-order chi connectivity index (χ1) is 10.9. The molecule has 0 bridgehead atoms. The number of para-hydroxylation sites is 3. The van der Waals surface area contributed by atoms with Crippen LogP contribution in [0, 0.1) is 10.1 Å². The molecule has 3 rings (SSSR count). The molecule has 0 aliphatic carbocycles. The number of nitrogens with zero attached hydrogens (tertiary/aromatic N) is 3. The highest BCUT2D eigenvalue weighted by Crippen LogP contribution is 2.28. The van der Waals surface area contributed by atoms with Crippen molar-refractivity contribution in [2.45, 2.75) is 0 Å². The van der Waals surface area contributed by atoms with E-state index in [1.54, 1.807) is 24.3 Å². The second-order valence-corrected chi connectivity index (χ2v) is 3.72. The summed E-state index contributed by atoms with van der Waals surface area (Å²) in [4.78, 5) is 18.9. The van der Waals surface area contributed by atoms with Crippen LogP contribution in [-0.2, 0) is 0 Å². The van der Waals surface area contributed by atoms with Crippen molar-refractivity contribution < 1.29 is 10.4 Å². The maximum Gasteiger partial charge on any atom is 0.278 e. The topological polar surface area (TPSA) is 68.9 Å². The minimum absolute atomic E-state index is 0.0300. The molecule has 0 saturated carbocycles. The lowest BCUT2D eigenvalue weighted by molar-refractivity contribution is -0.384. The Labute approximate surface area is 114 Å². The number of aromatic nitrogens is 2. The number of rotatable bonds is 2. The van der Waals surface area contributed by atoms with Gasteiger partial charge in [-0.05, 0) is 18.2 Å². The van der Waals surface area contributed by atoms with Gasteiger partial charge in [-0.25, -0.2) is 4.98 Å². The molecule has 1 heterocycles. The maximum absolute atomic E-state index is 11.3. The molecule has 0 saturated heterocycles. The lowest BCUT2D eigenvalue weighted by Gasteiger charge is -2.03. The Kier molecular flexibility index (Phi) is 1.78. The Morgan fingerprint density at radius 3 is 2.68 bits per heavy atom. The van der Waals surface area contributed by atoms with E-state index >= 15 is 0 Å². The molecule has 2 aromatic carbocycles. The summed E-state index contributed by atoms with van der Waals surface area (Å²) >= 11 is 0. The molecule has 0 amide bonds. The summed E-state index contributed by atoms with van der Waals surface area (Å²) in [6, 6.07) is 4.47. The third kappa shape index (κ3) is 2.01. The van der Waals surface area contributed by atoms with E-state index in [1.165, 1.54) is 6.20 Å². The molecular formula is C14H9N3O2. The largest absolute Gasteiger partial charge is 0.278 e. The fraction of sp³-hybridized carbons (Fsp3) is 0. The van der Waals surface area contributed by atoms with E-state index in [0.717, 1.165) is 0 Å². The van der Waals surface area contributed by atoms with Crippen LogP contribution in [0.15, 0.2) is 54.6 Å². The zero-order valence-electron chi connectivity index (χ0n) is 13.5. The normalized spacial score (nSPS) is 13.5. The Bertz CT molecular complexity index is 962. The molecule has 0 atom stereocenters. The van der Waals surface area contributed by atoms with Gasteiger partial charge >= 0.3 is 0 Å². The predicted molar refractivity (Wildman–Crippen MR) is 71.6 cm³/mol. The van der Waals surface area contributed by atoms with E-state index in [9.17, 15) is 10.1 Å². The van der Waals surface area contributed by atoms with Crippen molar-refractivity contribution in [3.8, 4) is 11.3 Å². The SMILES string of the molecule is [2H]c1c([2H])c([2H])c([N+](=O)[O-])c(-c2cnc3ccccc3n2)c1[2H]. The van der Waals surface area contributed by atoms with Crippen molar-refractivity contribution in [1.82, 2.24) is 9.97 Å². The smallest absolute Gasteiger partial charge is 0.258 e. The van der Waals surface area contributed by atoms with E-state index in [4.69, 9.17) is 5.48 Å². The van der Waals surface area contributed by atoms with Gasteiger partial charge in [0.1, 0.15) is 0 Å². The van der Waals surface area contributed by atoms with Crippen molar-refractivity contribution in [2.75, 3.05) is 0 Å². The molecule has 0 aliphatic heterocycles. The Morgan fingerprint density at radius 1 is 1.16 bits per heavy atom. The van der Waals surface area contributed by atoms with Gasteiger partial charge in [-0.3, -0.25) is 15.1 Å². The van der Waals surface area contributed by atoms with Crippen LogP contribution in [0.25, 0.3) is 22.3 Å². The molecule has 19 heavy (non-hydrogen) atoms. The fourth-order valence-electron chi connectivity index (χ4n) is 1.71. The van der Waals surface area contributed by atoms with E-state index < -0.39 is 34.8 Å². The zero-order chi connectivity index (χ0) is 16.7. The molecule has 5 nitrogen and oxygen atoms in total. The Morgan fingerprint density at radius 2 is 1.89 bits per heavy atom. The number of hydrogen-bond donors (Lipinski definition) is 0. The Balaban J connectivity index is 2.39. The summed E-state index contributed by atoms with van der Waals surface area (Å²) in [6.07, 6.45) is 1.27. The number of hydrogen-bond acceptors (Lipinski definition) is 4. The van der Waals surface area contributed by atoms with E-state index in [2.05, 4.69) is 9.97 Å². The van der Waals surface area contributed by atoms with Gasteiger partial charge in [-0.1, -0.05) is 24.2 Å². The summed E-state index contributed by atoms with van der Waals surface area (Å²) < 4.78 is 31.0. The second-order valence-electron chi connectivity index (χ2n) is 3.72. The van der Waals surface area contributed by atoms with E-state index in [-0.39, 0.29) is 11.3 Å². The highest BCUT2D eigenvalue weighted by Gasteiger charge is 2.15. The first kappa shape index (κ1) is 7.58. The minimum Gasteiger partial charge on any atom is -0.258 e. The monoisotopic (exact) mass is 255 g/mol.